The Bertz CT molecular complexity index is 1110. The van der Waals surface area contributed by atoms with Gasteiger partial charge < -0.3 is 5.32 Å². The summed E-state index contributed by atoms with van der Waals surface area (Å²) >= 11 is 7.42. The molecule has 3 aromatic carbocycles. The van der Waals surface area contributed by atoms with Crippen LogP contribution in [0.5, 0.6) is 0 Å². The Kier molecular flexibility index (Phi) is 6.03. The fourth-order valence-electron chi connectivity index (χ4n) is 3.06. The van der Waals surface area contributed by atoms with Gasteiger partial charge in [-0.2, -0.15) is 0 Å². The van der Waals surface area contributed by atoms with Gasteiger partial charge in [0.1, 0.15) is 0 Å². The van der Waals surface area contributed by atoms with E-state index in [9.17, 15) is 4.79 Å². The largest absolute Gasteiger partial charge is 0.302 e. The van der Waals surface area contributed by atoms with Crippen LogP contribution in [0.3, 0.4) is 0 Å². The quantitative estimate of drug-likeness (QED) is 0.378. The molecule has 144 valence electrons. The number of amides is 1. The maximum absolute atomic E-state index is 12.2. The zero-order valence-corrected chi connectivity index (χ0v) is 17.2. The van der Waals surface area contributed by atoms with E-state index in [0.717, 1.165) is 16.8 Å². The first-order valence-corrected chi connectivity index (χ1v) is 10.6. The van der Waals surface area contributed by atoms with Crippen LogP contribution < -0.4 is 5.32 Å². The third-order valence-corrected chi connectivity index (χ3v) is 5.56. The molecular weight excluding hydrogens is 400 g/mol. The summed E-state index contributed by atoms with van der Waals surface area (Å²) in [6, 6.07) is 26.1. The molecule has 0 aliphatic heterocycles. The Balaban J connectivity index is 1.37. The predicted octanol–water partition coefficient (Wildman–Crippen LogP) is 6.70. The van der Waals surface area contributed by atoms with Gasteiger partial charge in [0.05, 0.1) is 5.69 Å². The highest BCUT2D eigenvalue weighted by molar-refractivity contribution is 7.14. The van der Waals surface area contributed by atoms with Crippen molar-refractivity contribution in [2.45, 2.75) is 12.8 Å². The molecule has 0 fully saturated rings. The van der Waals surface area contributed by atoms with Crippen LogP contribution in [0.15, 0.2) is 84.2 Å². The molecule has 1 amide bonds. The van der Waals surface area contributed by atoms with Gasteiger partial charge in [-0.15, -0.1) is 11.3 Å². The number of rotatable bonds is 6. The molecule has 1 heterocycles. The smallest absolute Gasteiger partial charge is 0.226 e. The van der Waals surface area contributed by atoms with Gasteiger partial charge in [-0.3, -0.25) is 4.79 Å². The first kappa shape index (κ1) is 19.4. The van der Waals surface area contributed by atoms with Crippen molar-refractivity contribution in [3.8, 4) is 22.4 Å². The molecule has 0 atom stereocenters. The Morgan fingerprint density at radius 2 is 1.62 bits per heavy atom. The highest BCUT2D eigenvalue weighted by Crippen LogP contribution is 2.27. The third-order valence-electron chi connectivity index (χ3n) is 4.57. The number of carbonyl (C=O) groups excluding carboxylic acids is 1. The fraction of sp³-hybridized carbons (Fsp3) is 0.0833. The van der Waals surface area contributed by atoms with Gasteiger partial charge >= 0.3 is 0 Å². The standard InChI is InChI=1S/C24H19ClN2OS/c25-21-8-4-5-17(15-21)9-14-23(28)27-24-26-22(16-29-24)20-12-10-19(11-13-20)18-6-2-1-3-7-18/h1-8,10-13,15-16H,9,14H2,(H,26,27,28). The molecule has 0 spiro atoms. The fourth-order valence-corrected chi connectivity index (χ4v) is 4.01. The maximum atomic E-state index is 12.2. The van der Waals surface area contributed by atoms with Crippen LogP contribution in [0.4, 0.5) is 5.13 Å². The summed E-state index contributed by atoms with van der Waals surface area (Å²) in [4.78, 5) is 16.8. The van der Waals surface area contributed by atoms with Crippen LogP contribution in [0.2, 0.25) is 5.02 Å². The summed E-state index contributed by atoms with van der Waals surface area (Å²) in [5, 5.41) is 6.15. The second kappa shape index (κ2) is 9.03. The van der Waals surface area contributed by atoms with E-state index in [1.54, 1.807) is 0 Å². The Labute approximate surface area is 179 Å². The van der Waals surface area contributed by atoms with E-state index in [1.165, 1.54) is 22.5 Å². The lowest BCUT2D eigenvalue weighted by molar-refractivity contribution is -0.116. The summed E-state index contributed by atoms with van der Waals surface area (Å²) in [5.41, 5.74) is 5.29. The van der Waals surface area contributed by atoms with Crippen molar-refractivity contribution in [2.75, 3.05) is 5.32 Å². The van der Waals surface area contributed by atoms with Crippen molar-refractivity contribution >= 4 is 34.0 Å². The number of halogens is 1. The van der Waals surface area contributed by atoms with Crippen molar-refractivity contribution < 1.29 is 4.79 Å². The lowest BCUT2D eigenvalue weighted by atomic mass is 10.0. The van der Waals surface area contributed by atoms with Crippen molar-refractivity contribution in [3.05, 3.63) is 94.8 Å². The van der Waals surface area contributed by atoms with Crippen LogP contribution in [-0.4, -0.2) is 10.9 Å². The number of nitrogens with one attached hydrogen (secondary N) is 1. The number of anilines is 1. The molecule has 0 radical (unpaired) electrons. The molecule has 29 heavy (non-hydrogen) atoms. The van der Waals surface area contributed by atoms with Gasteiger partial charge in [0.25, 0.3) is 0 Å². The van der Waals surface area contributed by atoms with Gasteiger partial charge in [-0.25, -0.2) is 4.98 Å². The van der Waals surface area contributed by atoms with E-state index in [1.807, 2.05) is 47.8 Å². The van der Waals surface area contributed by atoms with Crippen molar-refractivity contribution in [1.29, 1.82) is 0 Å². The topological polar surface area (TPSA) is 42.0 Å². The monoisotopic (exact) mass is 418 g/mol. The number of thiazole rings is 1. The first-order chi connectivity index (χ1) is 14.2. The number of nitrogens with zero attached hydrogens (tertiary/aromatic N) is 1. The summed E-state index contributed by atoms with van der Waals surface area (Å²) in [6.07, 6.45) is 1.03. The van der Waals surface area contributed by atoms with E-state index in [-0.39, 0.29) is 5.91 Å². The van der Waals surface area contributed by atoms with Crippen LogP contribution in [0, 0.1) is 0 Å². The molecule has 0 saturated heterocycles. The summed E-state index contributed by atoms with van der Waals surface area (Å²) in [5.74, 6) is -0.0506. The number of hydrogen-bond donors (Lipinski definition) is 1. The van der Waals surface area contributed by atoms with E-state index in [2.05, 4.69) is 46.7 Å². The summed E-state index contributed by atoms with van der Waals surface area (Å²) in [7, 11) is 0. The zero-order valence-electron chi connectivity index (χ0n) is 15.6. The van der Waals surface area contributed by atoms with Crippen LogP contribution in [-0.2, 0) is 11.2 Å². The molecule has 0 aliphatic carbocycles. The van der Waals surface area contributed by atoms with E-state index in [4.69, 9.17) is 11.6 Å². The van der Waals surface area contributed by atoms with Gasteiger partial charge in [0.2, 0.25) is 5.91 Å². The maximum Gasteiger partial charge on any atom is 0.226 e. The number of carbonyl (C=O) groups is 1. The Morgan fingerprint density at radius 1 is 0.897 bits per heavy atom. The second-order valence-corrected chi connectivity index (χ2v) is 7.95. The minimum Gasteiger partial charge on any atom is -0.302 e. The minimum atomic E-state index is -0.0506. The van der Waals surface area contributed by atoms with Gasteiger partial charge in [0.15, 0.2) is 5.13 Å². The van der Waals surface area contributed by atoms with Gasteiger partial charge in [-0.05, 0) is 35.2 Å². The van der Waals surface area contributed by atoms with E-state index in [0.29, 0.717) is 23.0 Å². The highest BCUT2D eigenvalue weighted by Gasteiger charge is 2.09. The number of aryl methyl sites for hydroxylation is 1. The number of aromatic nitrogens is 1. The molecule has 0 saturated carbocycles. The predicted molar refractivity (Wildman–Crippen MR) is 121 cm³/mol. The second-order valence-electron chi connectivity index (χ2n) is 6.66. The SMILES string of the molecule is O=C(CCc1cccc(Cl)c1)Nc1nc(-c2ccc(-c3ccccc3)cc2)cs1. The molecule has 0 aliphatic rings. The Hall–Kier alpha value is -2.95. The number of hydrogen-bond acceptors (Lipinski definition) is 3. The molecule has 1 aromatic heterocycles. The molecule has 0 unspecified atom stereocenters. The normalized spacial score (nSPS) is 10.7. The average Bonchev–Trinajstić information content (AvgIpc) is 3.21. The Morgan fingerprint density at radius 3 is 2.38 bits per heavy atom. The van der Waals surface area contributed by atoms with Crippen LogP contribution >= 0.6 is 22.9 Å². The van der Waals surface area contributed by atoms with Crippen molar-refractivity contribution in [2.24, 2.45) is 0 Å². The van der Waals surface area contributed by atoms with E-state index >= 15 is 0 Å². The average molecular weight is 419 g/mol. The third kappa shape index (κ3) is 5.11. The lowest BCUT2D eigenvalue weighted by Gasteiger charge is -2.04. The molecule has 4 rings (SSSR count). The summed E-state index contributed by atoms with van der Waals surface area (Å²) in [6.45, 7) is 0. The van der Waals surface area contributed by atoms with Crippen LogP contribution in [0.25, 0.3) is 22.4 Å². The first-order valence-electron chi connectivity index (χ1n) is 9.33. The molecule has 5 heteroatoms. The summed E-state index contributed by atoms with van der Waals surface area (Å²) < 4.78 is 0. The zero-order chi connectivity index (χ0) is 20.1. The molecule has 3 nitrogen and oxygen atoms in total. The van der Waals surface area contributed by atoms with Crippen molar-refractivity contribution in [1.82, 2.24) is 4.98 Å². The van der Waals surface area contributed by atoms with Crippen LogP contribution in [0.1, 0.15) is 12.0 Å². The molecule has 0 bridgehead atoms. The van der Waals surface area contributed by atoms with Gasteiger partial charge in [-0.1, -0.05) is 78.3 Å². The lowest BCUT2D eigenvalue weighted by Crippen LogP contribution is -2.12. The molecule has 4 aromatic rings. The van der Waals surface area contributed by atoms with Gasteiger partial charge in [0, 0.05) is 22.4 Å². The highest BCUT2D eigenvalue weighted by atomic mass is 35.5. The minimum absolute atomic E-state index is 0.0506. The number of benzene rings is 3. The molecular formula is C24H19ClN2OS. The van der Waals surface area contributed by atoms with E-state index < -0.39 is 0 Å². The van der Waals surface area contributed by atoms with Crippen molar-refractivity contribution in [3.63, 3.8) is 0 Å². The molecule has 1 N–H and O–H groups in total.